The predicted molar refractivity (Wildman–Crippen MR) is 89.3 cm³/mol. The standard InChI is InChI=1S/C17H22N4O/c1-5-13(4)18-15-10-9-14(20-21-15)17(22)19-16-11(2)7-6-8-12(16)3/h6-10,13H,5H2,1-4H3,(H,18,21)(H,19,22). The summed E-state index contributed by atoms with van der Waals surface area (Å²) >= 11 is 0. The zero-order valence-corrected chi connectivity index (χ0v) is 13.5. The maximum atomic E-state index is 12.3. The fourth-order valence-electron chi connectivity index (χ4n) is 2.07. The lowest BCUT2D eigenvalue weighted by molar-refractivity contribution is 0.102. The molecule has 1 aromatic carbocycles. The van der Waals surface area contributed by atoms with Gasteiger partial charge < -0.3 is 10.6 Å². The Morgan fingerprint density at radius 3 is 2.36 bits per heavy atom. The molecule has 0 saturated carbocycles. The van der Waals surface area contributed by atoms with E-state index in [1.165, 1.54) is 0 Å². The van der Waals surface area contributed by atoms with Crippen molar-refractivity contribution in [3.8, 4) is 0 Å². The average molecular weight is 298 g/mol. The number of amides is 1. The van der Waals surface area contributed by atoms with Crippen molar-refractivity contribution in [3.63, 3.8) is 0 Å². The molecular weight excluding hydrogens is 276 g/mol. The number of nitrogens with one attached hydrogen (secondary N) is 2. The van der Waals surface area contributed by atoms with Crippen molar-refractivity contribution in [3.05, 3.63) is 47.2 Å². The minimum Gasteiger partial charge on any atom is -0.366 e. The van der Waals surface area contributed by atoms with E-state index >= 15 is 0 Å². The van der Waals surface area contributed by atoms with Crippen LogP contribution in [-0.2, 0) is 0 Å². The molecule has 0 bridgehead atoms. The van der Waals surface area contributed by atoms with Gasteiger partial charge in [0.15, 0.2) is 5.69 Å². The van der Waals surface area contributed by atoms with E-state index in [2.05, 4.69) is 34.7 Å². The van der Waals surface area contributed by atoms with Crippen molar-refractivity contribution in [1.82, 2.24) is 10.2 Å². The van der Waals surface area contributed by atoms with Crippen LogP contribution in [0.25, 0.3) is 0 Å². The molecule has 2 aromatic rings. The Morgan fingerprint density at radius 1 is 1.14 bits per heavy atom. The Labute approximate surface area is 131 Å². The van der Waals surface area contributed by atoms with Crippen LogP contribution in [-0.4, -0.2) is 22.1 Å². The molecule has 5 nitrogen and oxygen atoms in total. The monoisotopic (exact) mass is 298 g/mol. The van der Waals surface area contributed by atoms with Gasteiger partial charge in [-0.05, 0) is 50.5 Å². The molecule has 0 aliphatic carbocycles. The van der Waals surface area contributed by atoms with Crippen LogP contribution in [0.15, 0.2) is 30.3 Å². The lowest BCUT2D eigenvalue weighted by Crippen LogP contribution is -2.18. The number of carbonyl (C=O) groups is 1. The Morgan fingerprint density at radius 2 is 1.82 bits per heavy atom. The molecule has 0 spiro atoms. The van der Waals surface area contributed by atoms with E-state index in [1.54, 1.807) is 12.1 Å². The van der Waals surface area contributed by atoms with Gasteiger partial charge in [-0.2, -0.15) is 0 Å². The zero-order valence-electron chi connectivity index (χ0n) is 13.5. The van der Waals surface area contributed by atoms with Crippen LogP contribution in [0, 0.1) is 13.8 Å². The van der Waals surface area contributed by atoms with Crippen molar-refractivity contribution in [2.24, 2.45) is 0 Å². The quantitative estimate of drug-likeness (QED) is 0.885. The molecule has 0 fully saturated rings. The first-order chi connectivity index (χ1) is 10.5. The van der Waals surface area contributed by atoms with E-state index in [9.17, 15) is 4.79 Å². The highest BCUT2D eigenvalue weighted by molar-refractivity contribution is 6.03. The third-order valence-electron chi connectivity index (χ3n) is 3.62. The normalized spacial score (nSPS) is 11.8. The summed E-state index contributed by atoms with van der Waals surface area (Å²) < 4.78 is 0. The van der Waals surface area contributed by atoms with Gasteiger partial charge in [-0.25, -0.2) is 0 Å². The molecule has 1 atom stereocenters. The van der Waals surface area contributed by atoms with Gasteiger partial charge in [-0.15, -0.1) is 10.2 Å². The third-order valence-corrected chi connectivity index (χ3v) is 3.62. The predicted octanol–water partition coefficient (Wildman–Crippen LogP) is 3.56. The van der Waals surface area contributed by atoms with Crippen molar-refractivity contribution < 1.29 is 4.79 Å². The van der Waals surface area contributed by atoms with Gasteiger partial charge in [0, 0.05) is 11.7 Å². The van der Waals surface area contributed by atoms with Crippen LogP contribution >= 0.6 is 0 Å². The summed E-state index contributed by atoms with van der Waals surface area (Å²) in [5.74, 6) is 0.429. The van der Waals surface area contributed by atoms with Crippen molar-refractivity contribution in [2.75, 3.05) is 10.6 Å². The SMILES string of the molecule is CCC(C)Nc1ccc(C(=O)Nc2c(C)cccc2C)nn1. The van der Waals surface area contributed by atoms with Gasteiger partial charge in [0.25, 0.3) is 5.91 Å². The Balaban J connectivity index is 2.10. The molecule has 0 radical (unpaired) electrons. The average Bonchev–Trinajstić information content (AvgIpc) is 2.51. The maximum Gasteiger partial charge on any atom is 0.276 e. The van der Waals surface area contributed by atoms with Crippen molar-refractivity contribution in [1.29, 1.82) is 0 Å². The number of rotatable bonds is 5. The summed E-state index contributed by atoms with van der Waals surface area (Å²) in [5.41, 5.74) is 3.18. The molecule has 0 aliphatic heterocycles. The Hall–Kier alpha value is -2.43. The first-order valence-electron chi connectivity index (χ1n) is 7.49. The highest BCUT2D eigenvalue weighted by Gasteiger charge is 2.12. The van der Waals surface area contributed by atoms with Crippen molar-refractivity contribution in [2.45, 2.75) is 40.2 Å². The van der Waals surface area contributed by atoms with E-state index in [4.69, 9.17) is 0 Å². The van der Waals surface area contributed by atoms with Crippen LogP contribution in [0.5, 0.6) is 0 Å². The van der Waals surface area contributed by atoms with Gasteiger partial charge in [-0.1, -0.05) is 25.1 Å². The van der Waals surface area contributed by atoms with Crippen LogP contribution in [0.3, 0.4) is 0 Å². The smallest absolute Gasteiger partial charge is 0.276 e. The molecule has 2 rings (SSSR count). The number of benzene rings is 1. The number of aromatic nitrogens is 2. The second kappa shape index (κ2) is 7.02. The molecule has 5 heteroatoms. The maximum absolute atomic E-state index is 12.3. The number of aryl methyl sites for hydroxylation is 2. The molecule has 1 amide bonds. The molecule has 1 aromatic heterocycles. The second-order valence-corrected chi connectivity index (χ2v) is 5.48. The Bertz CT molecular complexity index is 632. The first kappa shape index (κ1) is 15.9. The number of hydrogen-bond donors (Lipinski definition) is 2. The minimum absolute atomic E-state index is 0.250. The summed E-state index contributed by atoms with van der Waals surface area (Å²) in [7, 11) is 0. The summed E-state index contributed by atoms with van der Waals surface area (Å²) in [4.78, 5) is 12.3. The number of hydrogen-bond acceptors (Lipinski definition) is 4. The summed E-state index contributed by atoms with van der Waals surface area (Å²) in [6.07, 6.45) is 0.997. The van der Waals surface area contributed by atoms with Gasteiger partial charge in [0.2, 0.25) is 0 Å². The van der Waals surface area contributed by atoms with Gasteiger partial charge in [-0.3, -0.25) is 4.79 Å². The molecule has 22 heavy (non-hydrogen) atoms. The number of anilines is 2. The largest absolute Gasteiger partial charge is 0.366 e. The van der Waals surface area contributed by atoms with Crippen LogP contribution < -0.4 is 10.6 Å². The van der Waals surface area contributed by atoms with Crippen molar-refractivity contribution >= 4 is 17.4 Å². The molecule has 1 unspecified atom stereocenters. The summed E-state index contributed by atoms with van der Waals surface area (Å²) in [6, 6.07) is 9.68. The fraction of sp³-hybridized carbons (Fsp3) is 0.353. The molecule has 2 N–H and O–H groups in total. The molecule has 1 heterocycles. The lowest BCUT2D eigenvalue weighted by Gasteiger charge is -2.12. The number of para-hydroxylation sites is 1. The van der Waals surface area contributed by atoms with E-state index < -0.39 is 0 Å². The highest BCUT2D eigenvalue weighted by Crippen LogP contribution is 2.20. The molecule has 0 aliphatic rings. The lowest BCUT2D eigenvalue weighted by atomic mass is 10.1. The van der Waals surface area contributed by atoms with E-state index in [0.29, 0.717) is 17.6 Å². The van der Waals surface area contributed by atoms with E-state index in [1.807, 2.05) is 32.0 Å². The second-order valence-electron chi connectivity index (χ2n) is 5.48. The fourth-order valence-corrected chi connectivity index (χ4v) is 2.07. The van der Waals surface area contributed by atoms with Gasteiger partial charge in [0.05, 0.1) is 0 Å². The Kier molecular flexibility index (Phi) is 5.09. The number of nitrogens with zero attached hydrogens (tertiary/aromatic N) is 2. The molecule has 0 saturated heterocycles. The topological polar surface area (TPSA) is 66.9 Å². The zero-order chi connectivity index (χ0) is 16.1. The van der Waals surface area contributed by atoms with Crippen LogP contribution in [0.2, 0.25) is 0 Å². The summed E-state index contributed by atoms with van der Waals surface area (Å²) in [6.45, 7) is 8.10. The minimum atomic E-state index is -0.250. The van der Waals surface area contributed by atoms with Gasteiger partial charge >= 0.3 is 0 Å². The van der Waals surface area contributed by atoms with Gasteiger partial charge in [0.1, 0.15) is 5.82 Å². The molecular formula is C17H22N4O. The summed E-state index contributed by atoms with van der Waals surface area (Å²) in [5, 5.41) is 14.2. The first-order valence-corrected chi connectivity index (χ1v) is 7.49. The third kappa shape index (κ3) is 3.81. The number of carbonyl (C=O) groups excluding carboxylic acids is 1. The highest BCUT2D eigenvalue weighted by atomic mass is 16.1. The van der Waals surface area contributed by atoms with E-state index in [-0.39, 0.29) is 5.91 Å². The van der Waals surface area contributed by atoms with E-state index in [0.717, 1.165) is 23.2 Å². The van der Waals surface area contributed by atoms with Crippen LogP contribution in [0.1, 0.15) is 41.9 Å². The molecule has 116 valence electrons. The van der Waals surface area contributed by atoms with Crippen LogP contribution in [0.4, 0.5) is 11.5 Å².